The molecule has 2 N–H and O–H groups in total. The van der Waals surface area contributed by atoms with Gasteiger partial charge in [-0.2, -0.15) is 0 Å². The molecule has 0 saturated carbocycles. The fourth-order valence-electron chi connectivity index (χ4n) is 1.59. The molecule has 6 heteroatoms. The number of hydrogen-bond acceptors (Lipinski definition) is 5. The highest BCUT2D eigenvalue weighted by molar-refractivity contribution is 9.10. The van der Waals surface area contributed by atoms with E-state index in [1.165, 1.54) is 0 Å². The van der Waals surface area contributed by atoms with E-state index in [4.69, 9.17) is 24.7 Å². The minimum atomic E-state index is 0.0109. The van der Waals surface area contributed by atoms with Crippen molar-refractivity contribution in [1.82, 2.24) is 0 Å². The average molecular weight is 362 g/mol. The molecule has 5 nitrogen and oxygen atoms in total. The van der Waals surface area contributed by atoms with E-state index in [2.05, 4.69) is 15.9 Å². The van der Waals surface area contributed by atoms with E-state index in [0.717, 1.165) is 15.8 Å². The fraction of sp³-hybridized carbons (Fsp3) is 0.600. The lowest BCUT2D eigenvalue weighted by molar-refractivity contribution is 0.0179. The maximum absolute atomic E-state index is 5.83. The Kier molecular flexibility index (Phi) is 9.62. The third kappa shape index (κ3) is 7.78. The third-order valence-electron chi connectivity index (χ3n) is 2.77. The smallest absolute Gasteiger partial charge is 0.133 e. The van der Waals surface area contributed by atoms with Crippen LogP contribution in [0.1, 0.15) is 18.5 Å². The Morgan fingerprint density at radius 2 is 1.67 bits per heavy atom. The van der Waals surface area contributed by atoms with E-state index < -0.39 is 0 Å². The molecule has 0 radical (unpaired) electrons. The van der Waals surface area contributed by atoms with Crippen LogP contribution in [0, 0.1) is 0 Å². The molecule has 0 aliphatic heterocycles. The molecule has 0 aliphatic rings. The lowest BCUT2D eigenvalue weighted by Crippen LogP contribution is -2.12. The first kappa shape index (κ1) is 18.4. The first-order chi connectivity index (χ1) is 10.1. The zero-order chi connectivity index (χ0) is 15.5. The molecule has 0 spiro atoms. The molecule has 0 fully saturated rings. The molecular formula is C15H24BrNO4. The molecule has 0 amide bonds. The topological polar surface area (TPSA) is 62.9 Å². The summed E-state index contributed by atoms with van der Waals surface area (Å²) in [6.07, 6.45) is 0. The SMILES string of the molecule is COCCOCCOCCOc1ccc([C@@H](C)N)cc1Br. The fourth-order valence-corrected chi connectivity index (χ4v) is 2.10. The first-order valence-corrected chi connectivity index (χ1v) is 7.76. The molecular weight excluding hydrogens is 338 g/mol. The standard InChI is InChI=1S/C15H24BrNO4/c1-12(17)13-3-4-15(14(16)11-13)21-10-9-20-8-7-19-6-5-18-2/h3-4,11-12H,5-10,17H2,1-2H3/t12-/m1/s1. The molecule has 0 bridgehead atoms. The van der Waals surface area contributed by atoms with Gasteiger partial charge in [-0.15, -0.1) is 0 Å². The summed E-state index contributed by atoms with van der Waals surface area (Å²) in [5.74, 6) is 0.791. The van der Waals surface area contributed by atoms with Crippen LogP contribution >= 0.6 is 15.9 Å². The molecule has 120 valence electrons. The van der Waals surface area contributed by atoms with Crippen molar-refractivity contribution in [1.29, 1.82) is 0 Å². The number of ether oxygens (including phenoxy) is 4. The molecule has 1 rings (SSSR count). The van der Waals surface area contributed by atoms with Gasteiger partial charge in [0.1, 0.15) is 12.4 Å². The van der Waals surface area contributed by atoms with Crippen LogP contribution in [0.5, 0.6) is 5.75 Å². The zero-order valence-electron chi connectivity index (χ0n) is 12.6. The first-order valence-electron chi connectivity index (χ1n) is 6.97. The van der Waals surface area contributed by atoms with Crippen molar-refractivity contribution >= 4 is 15.9 Å². The normalized spacial score (nSPS) is 12.4. The highest BCUT2D eigenvalue weighted by Gasteiger charge is 2.05. The van der Waals surface area contributed by atoms with Crippen LogP contribution in [-0.4, -0.2) is 46.8 Å². The highest BCUT2D eigenvalue weighted by atomic mass is 79.9. The molecule has 1 aromatic rings. The van der Waals surface area contributed by atoms with Crippen LogP contribution in [0.3, 0.4) is 0 Å². The summed E-state index contributed by atoms with van der Waals surface area (Å²) in [5.41, 5.74) is 6.90. The predicted molar refractivity (Wildman–Crippen MR) is 85.8 cm³/mol. The van der Waals surface area contributed by atoms with Gasteiger partial charge in [-0.25, -0.2) is 0 Å². The van der Waals surface area contributed by atoms with Gasteiger partial charge in [0.05, 0.1) is 37.5 Å². The van der Waals surface area contributed by atoms with E-state index in [-0.39, 0.29) is 6.04 Å². The lowest BCUT2D eigenvalue weighted by Gasteiger charge is -2.11. The second-order valence-corrected chi connectivity index (χ2v) is 5.40. The van der Waals surface area contributed by atoms with Gasteiger partial charge in [0.25, 0.3) is 0 Å². The van der Waals surface area contributed by atoms with E-state index >= 15 is 0 Å². The summed E-state index contributed by atoms with van der Waals surface area (Å²) in [4.78, 5) is 0. The number of methoxy groups -OCH3 is 1. The summed E-state index contributed by atoms with van der Waals surface area (Å²) < 4.78 is 22.1. The largest absolute Gasteiger partial charge is 0.490 e. The number of rotatable bonds is 11. The van der Waals surface area contributed by atoms with Gasteiger partial charge in [0, 0.05) is 13.2 Å². The van der Waals surface area contributed by atoms with Crippen LogP contribution in [0.4, 0.5) is 0 Å². The van der Waals surface area contributed by atoms with E-state index in [1.54, 1.807) is 7.11 Å². The Labute approximate surface area is 134 Å². The molecule has 0 aliphatic carbocycles. The number of halogens is 1. The van der Waals surface area contributed by atoms with Gasteiger partial charge < -0.3 is 24.7 Å². The van der Waals surface area contributed by atoms with Crippen molar-refractivity contribution < 1.29 is 18.9 Å². The summed E-state index contributed by atoms with van der Waals surface area (Å²) in [6, 6.07) is 5.87. The Morgan fingerprint density at radius 3 is 2.24 bits per heavy atom. The molecule has 0 aromatic heterocycles. The maximum atomic E-state index is 5.83. The summed E-state index contributed by atoms with van der Waals surface area (Å²) in [6.45, 7) is 5.28. The summed E-state index contributed by atoms with van der Waals surface area (Å²) in [7, 11) is 1.65. The van der Waals surface area contributed by atoms with Crippen molar-refractivity contribution in [3.05, 3.63) is 28.2 Å². The molecule has 0 saturated heterocycles. The number of benzene rings is 1. The highest BCUT2D eigenvalue weighted by Crippen LogP contribution is 2.27. The minimum absolute atomic E-state index is 0.0109. The minimum Gasteiger partial charge on any atom is -0.490 e. The van der Waals surface area contributed by atoms with Gasteiger partial charge in [0.15, 0.2) is 0 Å². The second kappa shape index (κ2) is 11.0. The third-order valence-corrected chi connectivity index (χ3v) is 3.39. The van der Waals surface area contributed by atoms with Crippen molar-refractivity contribution in [3.63, 3.8) is 0 Å². The number of nitrogens with two attached hydrogens (primary N) is 1. The van der Waals surface area contributed by atoms with Crippen LogP contribution in [-0.2, 0) is 14.2 Å². The lowest BCUT2D eigenvalue weighted by atomic mass is 10.1. The molecule has 1 aromatic carbocycles. The Morgan fingerprint density at radius 1 is 1.05 bits per heavy atom. The summed E-state index contributed by atoms with van der Waals surface area (Å²) in [5, 5.41) is 0. The average Bonchev–Trinajstić information content (AvgIpc) is 2.46. The van der Waals surface area contributed by atoms with Gasteiger partial charge >= 0.3 is 0 Å². The molecule has 0 unspecified atom stereocenters. The Bertz CT molecular complexity index is 401. The van der Waals surface area contributed by atoms with E-state index in [9.17, 15) is 0 Å². The van der Waals surface area contributed by atoms with E-state index in [1.807, 2.05) is 25.1 Å². The second-order valence-electron chi connectivity index (χ2n) is 4.54. The Balaban J connectivity index is 2.13. The predicted octanol–water partition coefficient (Wildman–Crippen LogP) is 2.53. The zero-order valence-corrected chi connectivity index (χ0v) is 14.2. The summed E-state index contributed by atoms with van der Waals surface area (Å²) >= 11 is 3.48. The van der Waals surface area contributed by atoms with Gasteiger partial charge in [0.2, 0.25) is 0 Å². The molecule has 0 heterocycles. The number of hydrogen-bond donors (Lipinski definition) is 1. The van der Waals surface area contributed by atoms with E-state index in [0.29, 0.717) is 39.6 Å². The van der Waals surface area contributed by atoms with Crippen LogP contribution in [0.2, 0.25) is 0 Å². The Hall–Kier alpha value is -0.660. The quantitative estimate of drug-likeness (QED) is 0.613. The molecule has 1 atom stereocenters. The van der Waals surface area contributed by atoms with Crippen LogP contribution in [0.25, 0.3) is 0 Å². The van der Waals surface area contributed by atoms with Crippen LogP contribution in [0.15, 0.2) is 22.7 Å². The van der Waals surface area contributed by atoms with Gasteiger partial charge in [-0.3, -0.25) is 0 Å². The van der Waals surface area contributed by atoms with Gasteiger partial charge in [-0.05, 0) is 40.5 Å². The van der Waals surface area contributed by atoms with Crippen LogP contribution < -0.4 is 10.5 Å². The van der Waals surface area contributed by atoms with Crippen molar-refractivity contribution in [2.75, 3.05) is 46.8 Å². The molecule has 21 heavy (non-hydrogen) atoms. The van der Waals surface area contributed by atoms with Crippen molar-refractivity contribution in [2.45, 2.75) is 13.0 Å². The van der Waals surface area contributed by atoms with Gasteiger partial charge in [-0.1, -0.05) is 6.07 Å². The van der Waals surface area contributed by atoms with Crippen molar-refractivity contribution in [3.8, 4) is 5.75 Å². The van der Waals surface area contributed by atoms with Crippen molar-refractivity contribution in [2.24, 2.45) is 5.73 Å². The maximum Gasteiger partial charge on any atom is 0.133 e. The monoisotopic (exact) mass is 361 g/mol.